The molecule has 0 saturated carbocycles. The van der Waals surface area contributed by atoms with Crippen LogP contribution in [-0.2, 0) is 6.54 Å². The van der Waals surface area contributed by atoms with Crippen molar-refractivity contribution in [2.75, 3.05) is 5.73 Å². The number of aromatic nitrogens is 2. The monoisotopic (exact) mass is 227 g/mol. The Morgan fingerprint density at radius 3 is 2.67 bits per heavy atom. The van der Waals surface area contributed by atoms with E-state index in [9.17, 15) is 0 Å². The van der Waals surface area contributed by atoms with Crippen LogP contribution in [0.2, 0.25) is 0 Å². The molecule has 0 amide bonds. The van der Waals surface area contributed by atoms with Crippen molar-refractivity contribution in [3.63, 3.8) is 0 Å². The van der Waals surface area contributed by atoms with E-state index in [1.807, 2.05) is 23.4 Å². The molecule has 0 aliphatic rings. The van der Waals surface area contributed by atoms with E-state index in [1.165, 1.54) is 0 Å². The molecule has 0 aliphatic heterocycles. The van der Waals surface area contributed by atoms with Crippen LogP contribution in [-0.4, -0.2) is 15.0 Å². The number of rotatable bonds is 5. The summed E-state index contributed by atoms with van der Waals surface area (Å²) >= 11 is 1.83. The van der Waals surface area contributed by atoms with E-state index in [4.69, 9.17) is 5.73 Å². The average molecular weight is 227 g/mol. The minimum absolute atomic E-state index is 0.596. The second-order valence-electron chi connectivity index (χ2n) is 3.86. The summed E-state index contributed by atoms with van der Waals surface area (Å²) in [6.45, 7) is 9.51. The van der Waals surface area contributed by atoms with Crippen molar-refractivity contribution < 1.29 is 0 Å². The van der Waals surface area contributed by atoms with Crippen molar-refractivity contribution in [3.8, 4) is 0 Å². The van der Waals surface area contributed by atoms with Gasteiger partial charge in [0.25, 0.3) is 0 Å². The Morgan fingerprint density at radius 2 is 2.13 bits per heavy atom. The lowest BCUT2D eigenvalue weighted by Crippen LogP contribution is -2.04. The molecule has 86 valence electrons. The van der Waals surface area contributed by atoms with Gasteiger partial charge in [0.2, 0.25) is 0 Å². The molecule has 2 N–H and O–H groups in total. The zero-order chi connectivity index (χ0) is 11.4. The fourth-order valence-corrected chi connectivity index (χ4v) is 2.41. The minimum Gasteiger partial charge on any atom is -0.395 e. The van der Waals surface area contributed by atoms with Crippen molar-refractivity contribution in [2.24, 2.45) is 0 Å². The van der Waals surface area contributed by atoms with Crippen molar-refractivity contribution >= 4 is 17.4 Å². The van der Waals surface area contributed by atoms with Crippen molar-refractivity contribution in [3.05, 3.63) is 5.69 Å². The third-order valence-corrected chi connectivity index (χ3v) is 3.84. The quantitative estimate of drug-likeness (QED) is 0.786. The first-order valence-corrected chi connectivity index (χ1v) is 6.47. The molecule has 0 radical (unpaired) electrons. The van der Waals surface area contributed by atoms with Gasteiger partial charge in [-0.3, -0.25) is 4.68 Å². The molecule has 1 rings (SSSR count). The third kappa shape index (κ3) is 2.91. The fraction of sp³-hybridized carbons (Fsp3) is 0.727. The lowest BCUT2D eigenvalue weighted by atomic mass is 10.4. The SMILES string of the molecule is CCCn1nc(C)c(N)c1SC(C)CC. The van der Waals surface area contributed by atoms with Crippen LogP contribution < -0.4 is 5.73 Å². The maximum Gasteiger partial charge on any atom is 0.118 e. The third-order valence-electron chi connectivity index (χ3n) is 2.45. The standard InChI is InChI=1S/C11H21N3S/c1-5-7-14-11(15-8(3)6-2)10(12)9(4)13-14/h8H,5-7,12H2,1-4H3. The lowest BCUT2D eigenvalue weighted by molar-refractivity contribution is 0.555. The van der Waals surface area contributed by atoms with E-state index >= 15 is 0 Å². The van der Waals surface area contributed by atoms with Gasteiger partial charge in [0.05, 0.1) is 11.4 Å². The molecule has 4 heteroatoms. The maximum atomic E-state index is 6.03. The van der Waals surface area contributed by atoms with Crippen molar-refractivity contribution in [1.29, 1.82) is 0 Å². The highest BCUT2D eigenvalue weighted by Crippen LogP contribution is 2.32. The molecule has 1 aromatic heterocycles. The first-order valence-electron chi connectivity index (χ1n) is 5.59. The summed E-state index contributed by atoms with van der Waals surface area (Å²) < 4.78 is 2.04. The Kier molecular flexibility index (Phi) is 4.51. The Morgan fingerprint density at radius 1 is 1.47 bits per heavy atom. The largest absolute Gasteiger partial charge is 0.395 e. The van der Waals surface area contributed by atoms with Crippen LogP contribution in [0, 0.1) is 6.92 Å². The zero-order valence-corrected chi connectivity index (χ0v) is 10.9. The Hall–Kier alpha value is -0.640. The highest BCUT2D eigenvalue weighted by molar-refractivity contribution is 8.00. The van der Waals surface area contributed by atoms with Gasteiger partial charge in [0.1, 0.15) is 5.03 Å². The summed E-state index contributed by atoms with van der Waals surface area (Å²) in [5, 5.41) is 6.20. The van der Waals surface area contributed by atoms with E-state index in [-0.39, 0.29) is 0 Å². The normalized spacial score (nSPS) is 13.1. The van der Waals surface area contributed by atoms with Gasteiger partial charge < -0.3 is 5.73 Å². The second kappa shape index (κ2) is 5.45. The second-order valence-corrected chi connectivity index (χ2v) is 5.29. The van der Waals surface area contributed by atoms with Gasteiger partial charge in [0.15, 0.2) is 0 Å². The van der Waals surface area contributed by atoms with Gasteiger partial charge in [-0.15, -0.1) is 11.8 Å². The van der Waals surface area contributed by atoms with E-state index < -0.39 is 0 Å². The van der Waals surface area contributed by atoms with Gasteiger partial charge in [-0.2, -0.15) is 5.10 Å². The predicted octanol–water partition coefficient (Wildman–Crippen LogP) is 3.07. The van der Waals surface area contributed by atoms with Crippen molar-refractivity contribution in [2.45, 2.75) is 57.4 Å². The van der Waals surface area contributed by atoms with E-state index in [0.717, 1.165) is 35.8 Å². The molecule has 0 bridgehead atoms. The average Bonchev–Trinajstić information content (AvgIpc) is 2.46. The summed E-state index contributed by atoms with van der Waals surface area (Å²) in [4.78, 5) is 0. The van der Waals surface area contributed by atoms with Crippen molar-refractivity contribution in [1.82, 2.24) is 9.78 Å². The van der Waals surface area contributed by atoms with Gasteiger partial charge in [-0.25, -0.2) is 0 Å². The van der Waals surface area contributed by atoms with Crippen LogP contribution in [0.3, 0.4) is 0 Å². The summed E-state index contributed by atoms with van der Waals surface area (Å²) in [6, 6.07) is 0. The molecule has 1 unspecified atom stereocenters. The molecule has 0 saturated heterocycles. The molecule has 1 aromatic rings. The van der Waals surface area contributed by atoms with Crippen LogP contribution in [0.25, 0.3) is 0 Å². The molecule has 0 aliphatic carbocycles. The maximum absolute atomic E-state index is 6.03. The summed E-state index contributed by atoms with van der Waals surface area (Å²) in [7, 11) is 0. The Labute approximate surface area is 96.4 Å². The smallest absolute Gasteiger partial charge is 0.118 e. The first kappa shape index (κ1) is 12.4. The van der Waals surface area contributed by atoms with Crippen LogP contribution in [0.1, 0.15) is 39.3 Å². The number of nitrogens with zero attached hydrogens (tertiary/aromatic N) is 2. The number of nitrogen functional groups attached to an aromatic ring is 1. The molecular weight excluding hydrogens is 206 g/mol. The number of thioether (sulfide) groups is 1. The topological polar surface area (TPSA) is 43.8 Å². The molecule has 0 spiro atoms. The van der Waals surface area contributed by atoms with Gasteiger partial charge in [-0.1, -0.05) is 20.8 Å². The number of anilines is 1. The molecule has 0 fully saturated rings. The van der Waals surface area contributed by atoms with Crippen LogP contribution in [0.4, 0.5) is 5.69 Å². The molecule has 1 heterocycles. The molecule has 3 nitrogen and oxygen atoms in total. The van der Waals surface area contributed by atoms with Gasteiger partial charge in [-0.05, 0) is 19.8 Å². The van der Waals surface area contributed by atoms with Crippen LogP contribution >= 0.6 is 11.8 Å². The van der Waals surface area contributed by atoms with Gasteiger partial charge in [0, 0.05) is 11.8 Å². The summed E-state index contributed by atoms with van der Waals surface area (Å²) in [5.41, 5.74) is 7.84. The highest BCUT2D eigenvalue weighted by Gasteiger charge is 2.14. The highest BCUT2D eigenvalue weighted by atomic mass is 32.2. The van der Waals surface area contributed by atoms with Gasteiger partial charge >= 0.3 is 0 Å². The minimum atomic E-state index is 0.596. The van der Waals surface area contributed by atoms with Crippen LogP contribution in [0.5, 0.6) is 0 Å². The van der Waals surface area contributed by atoms with E-state index in [1.54, 1.807) is 0 Å². The molecule has 0 aromatic carbocycles. The number of nitrogens with two attached hydrogens (primary N) is 1. The predicted molar refractivity (Wildman–Crippen MR) is 67.3 cm³/mol. The van der Waals surface area contributed by atoms with E-state index in [0.29, 0.717) is 5.25 Å². The number of aryl methyl sites for hydroxylation is 2. The Bertz CT molecular complexity index is 320. The van der Waals surface area contributed by atoms with E-state index in [2.05, 4.69) is 25.9 Å². The zero-order valence-electron chi connectivity index (χ0n) is 10.1. The summed E-state index contributed by atoms with van der Waals surface area (Å²) in [5.74, 6) is 0. The molecular formula is C11H21N3S. The fourth-order valence-electron chi connectivity index (χ4n) is 1.34. The lowest BCUT2D eigenvalue weighted by Gasteiger charge is -2.10. The summed E-state index contributed by atoms with van der Waals surface area (Å²) in [6.07, 6.45) is 2.25. The van der Waals surface area contributed by atoms with Crippen LogP contribution in [0.15, 0.2) is 5.03 Å². The number of hydrogen-bond donors (Lipinski definition) is 1. The molecule has 1 atom stereocenters. The Balaban J connectivity index is 2.91. The molecule has 15 heavy (non-hydrogen) atoms. The number of hydrogen-bond acceptors (Lipinski definition) is 3. The first-order chi connectivity index (χ1) is 7.10.